The number of hydrogen-bond acceptors (Lipinski definition) is 8. The van der Waals surface area contributed by atoms with Crippen molar-refractivity contribution in [1.82, 2.24) is 4.72 Å². The van der Waals surface area contributed by atoms with E-state index >= 15 is 0 Å². The van der Waals surface area contributed by atoms with E-state index < -0.39 is 34.5 Å². The monoisotopic (exact) mass is 478 g/mol. The van der Waals surface area contributed by atoms with Gasteiger partial charge in [0.1, 0.15) is 5.75 Å². The molecule has 0 radical (unpaired) electrons. The molecule has 0 saturated carbocycles. The van der Waals surface area contributed by atoms with Crippen LogP contribution in [0.2, 0.25) is 0 Å². The van der Waals surface area contributed by atoms with Gasteiger partial charge in [-0.25, -0.2) is 22.7 Å². The summed E-state index contributed by atoms with van der Waals surface area (Å²) in [5.74, 6) is -1.66. The minimum atomic E-state index is -3.65. The standard InChI is InChI=1S/C22H26N2O8S/c1-5-14(2)24-33(28,29)19-8-6-18(7-9-19)32-13-20(25)23-17-11-15(21(26)30-3)10-16(12-17)22(27)31-4/h6-12,14,24H,5,13H2,1-4H3,(H,23,25)/t14-/m0/s1. The van der Waals surface area contributed by atoms with Crippen molar-refractivity contribution in [3.05, 3.63) is 53.6 Å². The molecule has 0 aromatic heterocycles. The van der Waals surface area contributed by atoms with Crippen LogP contribution in [0.1, 0.15) is 41.0 Å². The molecule has 0 unspecified atom stereocenters. The Morgan fingerprint density at radius 3 is 1.97 bits per heavy atom. The first kappa shape index (κ1) is 25.8. The van der Waals surface area contributed by atoms with Crippen molar-refractivity contribution in [2.75, 3.05) is 26.1 Å². The third-order valence-corrected chi connectivity index (χ3v) is 6.14. The van der Waals surface area contributed by atoms with Crippen LogP contribution in [0.5, 0.6) is 5.75 Å². The number of carbonyl (C=O) groups excluding carboxylic acids is 3. The van der Waals surface area contributed by atoms with E-state index in [2.05, 4.69) is 19.5 Å². The van der Waals surface area contributed by atoms with E-state index in [-0.39, 0.29) is 33.5 Å². The number of sulfonamides is 1. The van der Waals surface area contributed by atoms with Crippen LogP contribution in [0.25, 0.3) is 0 Å². The molecular formula is C22H26N2O8S. The maximum Gasteiger partial charge on any atom is 0.337 e. The van der Waals surface area contributed by atoms with Crippen molar-refractivity contribution in [2.45, 2.75) is 31.2 Å². The number of benzene rings is 2. The number of ether oxygens (including phenoxy) is 3. The van der Waals surface area contributed by atoms with Gasteiger partial charge in [-0.1, -0.05) is 6.92 Å². The normalized spacial score (nSPS) is 11.9. The third kappa shape index (κ3) is 7.29. The number of esters is 2. The van der Waals surface area contributed by atoms with E-state index in [1.807, 2.05) is 6.92 Å². The Kier molecular flexibility index (Phi) is 8.94. The molecular weight excluding hydrogens is 452 g/mol. The highest BCUT2D eigenvalue weighted by atomic mass is 32.2. The Morgan fingerprint density at radius 2 is 1.48 bits per heavy atom. The highest BCUT2D eigenvalue weighted by Crippen LogP contribution is 2.19. The van der Waals surface area contributed by atoms with Crippen molar-refractivity contribution in [3.8, 4) is 5.75 Å². The zero-order chi connectivity index (χ0) is 24.6. The number of rotatable bonds is 10. The first-order chi connectivity index (χ1) is 15.6. The van der Waals surface area contributed by atoms with Crippen LogP contribution in [0.4, 0.5) is 5.69 Å². The SMILES string of the molecule is CC[C@H](C)NS(=O)(=O)c1ccc(OCC(=O)Nc2cc(C(=O)OC)cc(C(=O)OC)c2)cc1. The fourth-order valence-electron chi connectivity index (χ4n) is 2.65. The lowest BCUT2D eigenvalue weighted by molar-refractivity contribution is -0.118. The molecule has 33 heavy (non-hydrogen) atoms. The molecule has 0 heterocycles. The van der Waals surface area contributed by atoms with Crippen LogP contribution in [-0.2, 0) is 24.3 Å². The molecule has 2 aromatic rings. The van der Waals surface area contributed by atoms with Crippen LogP contribution < -0.4 is 14.8 Å². The maximum atomic E-state index is 12.3. The summed E-state index contributed by atoms with van der Waals surface area (Å²) in [7, 11) is -1.27. The molecule has 0 aliphatic heterocycles. The molecule has 0 aliphatic rings. The zero-order valence-corrected chi connectivity index (χ0v) is 19.5. The Balaban J connectivity index is 2.05. The van der Waals surface area contributed by atoms with Gasteiger partial charge in [0.2, 0.25) is 10.0 Å². The van der Waals surface area contributed by atoms with Gasteiger partial charge in [0.05, 0.1) is 30.2 Å². The second-order valence-electron chi connectivity index (χ2n) is 7.02. The van der Waals surface area contributed by atoms with Gasteiger partial charge < -0.3 is 19.5 Å². The summed E-state index contributed by atoms with van der Waals surface area (Å²) >= 11 is 0. The Bertz CT molecular complexity index is 1080. The van der Waals surface area contributed by atoms with E-state index in [1.54, 1.807) is 6.92 Å². The highest BCUT2D eigenvalue weighted by molar-refractivity contribution is 7.89. The minimum Gasteiger partial charge on any atom is -0.484 e. The summed E-state index contributed by atoms with van der Waals surface area (Å²) in [6, 6.07) is 9.40. The van der Waals surface area contributed by atoms with Crippen LogP contribution in [-0.4, -0.2) is 53.1 Å². The largest absolute Gasteiger partial charge is 0.484 e. The number of amides is 1. The molecule has 1 atom stereocenters. The summed E-state index contributed by atoms with van der Waals surface area (Å²) in [4.78, 5) is 36.1. The fraction of sp³-hybridized carbons (Fsp3) is 0.318. The molecule has 0 bridgehead atoms. The van der Waals surface area contributed by atoms with Crippen molar-refractivity contribution in [2.24, 2.45) is 0 Å². The van der Waals surface area contributed by atoms with E-state index in [0.717, 1.165) is 0 Å². The lowest BCUT2D eigenvalue weighted by Crippen LogP contribution is -2.31. The molecule has 178 valence electrons. The summed E-state index contributed by atoms with van der Waals surface area (Å²) in [5, 5.41) is 2.53. The molecule has 11 heteroatoms. The van der Waals surface area contributed by atoms with Crippen molar-refractivity contribution < 1.29 is 37.0 Å². The molecule has 10 nitrogen and oxygen atoms in total. The second kappa shape index (κ2) is 11.4. The summed E-state index contributed by atoms with van der Waals surface area (Å²) < 4.78 is 41.9. The van der Waals surface area contributed by atoms with E-state index in [0.29, 0.717) is 6.42 Å². The topological polar surface area (TPSA) is 137 Å². The fourth-order valence-corrected chi connectivity index (χ4v) is 3.98. The smallest absolute Gasteiger partial charge is 0.337 e. The molecule has 0 saturated heterocycles. The van der Waals surface area contributed by atoms with Gasteiger partial charge in [0, 0.05) is 11.7 Å². The Labute approximate surface area is 192 Å². The molecule has 1 amide bonds. The predicted octanol–water partition coefficient (Wildman–Crippen LogP) is 2.35. The van der Waals surface area contributed by atoms with E-state index in [9.17, 15) is 22.8 Å². The van der Waals surface area contributed by atoms with Crippen molar-refractivity contribution in [3.63, 3.8) is 0 Å². The van der Waals surface area contributed by atoms with Gasteiger partial charge in [-0.05, 0) is 55.8 Å². The Hall–Kier alpha value is -3.44. The Morgan fingerprint density at radius 1 is 0.939 bits per heavy atom. The van der Waals surface area contributed by atoms with Crippen LogP contribution in [0.3, 0.4) is 0 Å². The molecule has 0 fully saturated rings. The number of nitrogens with one attached hydrogen (secondary N) is 2. The molecule has 2 rings (SSSR count). The number of carbonyl (C=O) groups is 3. The zero-order valence-electron chi connectivity index (χ0n) is 18.7. The van der Waals surface area contributed by atoms with Crippen LogP contribution in [0, 0.1) is 0 Å². The van der Waals surface area contributed by atoms with E-state index in [4.69, 9.17) is 4.74 Å². The summed E-state index contributed by atoms with van der Waals surface area (Å²) in [6.07, 6.45) is 0.652. The van der Waals surface area contributed by atoms with E-state index in [1.165, 1.54) is 56.7 Å². The summed E-state index contributed by atoms with van der Waals surface area (Å²) in [6.45, 7) is 3.24. The molecule has 0 spiro atoms. The molecule has 2 N–H and O–H groups in total. The lowest BCUT2D eigenvalue weighted by atomic mass is 10.1. The maximum absolute atomic E-state index is 12.3. The number of anilines is 1. The number of hydrogen-bond donors (Lipinski definition) is 2. The average molecular weight is 479 g/mol. The second-order valence-corrected chi connectivity index (χ2v) is 8.74. The van der Waals surface area contributed by atoms with Gasteiger partial charge in [-0.2, -0.15) is 0 Å². The highest BCUT2D eigenvalue weighted by Gasteiger charge is 2.17. The molecule has 2 aromatic carbocycles. The van der Waals surface area contributed by atoms with Crippen LogP contribution in [0.15, 0.2) is 47.4 Å². The van der Waals surface area contributed by atoms with Gasteiger partial charge in [-0.3, -0.25) is 4.79 Å². The lowest BCUT2D eigenvalue weighted by Gasteiger charge is -2.13. The molecule has 0 aliphatic carbocycles. The van der Waals surface area contributed by atoms with Gasteiger partial charge >= 0.3 is 11.9 Å². The minimum absolute atomic E-state index is 0.0550. The van der Waals surface area contributed by atoms with Gasteiger partial charge in [-0.15, -0.1) is 0 Å². The average Bonchev–Trinajstić information content (AvgIpc) is 2.81. The summed E-state index contributed by atoms with van der Waals surface area (Å²) in [5.41, 5.74) is 0.281. The third-order valence-electron chi connectivity index (χ3n) is 4.53. The number of methoxy groups -OCH3 is 2. The van der Waals surface area contributed by atoms with Crippen LogP contribution >= 0.6 is 0 Å². The quantitative estimate of drug-likeness (QED) is 0.497. The first-order valence-electron chi connectivity index (χ1n) is 9.96. The van der Waals surface area contributed by atoms with Crippen molar-refractivity contribution >= 4 is 33.6 Å². The predicted molar refractivity (Wildman–Crippen MR) is 120 cm³/mol. The van der Waals surface area contributed by atoms with Crippen molar-refractivity contribution in [1.29, 1.82) is 0 Å². The first-order valence-corrected chi connectivity index (χ1v) is 11.4. The van der Waals surface area contributed by atoms with Gasteiger partial charge in [0.25, 0.3) is 5.91 Å². The van der Waals surface area contributed by atoms with Gasteiger partial charge in [0.15, 0.2) is 6.61 Å².